The quantitative estimate of drug-likeness (QED) is 0.369. The maximum absolute atomic E-state index is 5.57. The van der Waals surface area contributed by atoms with Crippen LogP contribution in [0.5, 0.6) is 0 Å². The standard InChI is InChI=1S/C4H7ClN2/c1-7-3-2-4(5)6-7/h2-4,6H,1H3. The van der Waals surface area contributed by atoms with E-state index >= 15 is 0 Å². The molecule has 0 aliphatic carbocycles. The number of hydrogen-bond donors (Lipinski definition) is 1. The predicted molar refractivity (Wildman–Crippen MR) is 29.7 cm³/mol. The van der Waals surface area contributed by atoms with Gasteiger partial charge in [0.15, 0.2) is 0 Å². The van der Waals surface area contributed by atoms with Crippen LogP contribution in [0.4, 0.5) is 0 Å². The minimum Gasteiger partial charge on any atom is -0.317 e. The van der Waals surface area contributed by atoms with Gasteiger partial charge in [0.05, 0.1) is 0 Å². The van der Waals surface area contributed by atoms with Gasteiger partial charge in [-0.3, -0.25) is 0 Å². The Bertz CT molecular complexity index is 81.7. The van der Waals surface area contributed by atoms with E-state index in [9.17, 15) is 0 Å². The normalized spacial score (nSPS) is 29.4. The summed E-state index contributed by atoms with van der Waals surface area (Å²) in [5, 5.41) is 1.82. The molecule has 0 radical (unpaired) electrons. The summed E-state index contributed by atoms with van der Waals surface area (Å²) < 4.78 is 0. The Labute approximate surface area is 47.7 Å². The third-order valence-electron chi connectivity index (χ3n) is 0.806. The molecule has 1 N–H and O–H groups in total. The van der Waals surface area contributed by atoms with E-state index in [0.29, 0.717) is 0 Å². The number of hydrazine groups is 1. The molecule has 1 unspecified atom stereocenters. The molecular formula is C4H7ClN2. The van der Waals surface area contributed by atoms with Gasteiger partial charge in [-0.1, -0.05) is 11.6 Å². The Morgan fingerprint density at radius 3 is 2.71 bits per heavy atom. The zero-order chi connectivity index (χ0) is 5.28. The van der Waals surface area contributed by atoms with Crippen LogP contribution in [0.15, 0.2) is 12.3 Å². The van der Waals surface area contributed by atoms with Crippen LogP contribution >= 0.6 is 11.6 Å². The van der Waals surface area contributed by atoms with E-state index in [1.165, 1.54) is 0 Å². The van der Waals surface area contributed by atoms with E-state index in [0.717, 1.165) is 0 Å². The third kappa shape index (κ3) is 1.08. The molecule has 2 nitrogen and oxygen atoms in total. The average Bonchev–Trinajstić information content (AvgIpc) is 1.87. The molecule has 1 rings (SSSR count). The monoisotopic (exact) mass is 118 g/mol. The van der Waals surface area contributed by atoms with Gasteiger partial charge in [0.2, 0.25) is 0 Å². The van der Waals surface area contributed by atoms with Crippen molar-refractivity contribution in [3.05, 3.63) is 12.3 Å². The van der Waals surface area contributed by atoms with Crippen LogP contribution in [0.1, 0.15) is 0 Å². The molecule has 1 aliphatic rings. The van der Waals surface area contributed by atoms with Crippen molar-refractivity contribution in [3.8, 4) is 0 Å². The summed E-state index contributed by atoms with van der Waals surface area (Å²) in [5.41, 5.74) is 2.90. The summed E-state index contributed by atoms with van der Waals surface area (Å²) in [7, 11) is 1.90. The summed E-state index contributed by atoms with van der Waals surface area (Å²) >= 11 is 5.57. The lowest BCUT2D eigenvalue weighted by Crippen LogP contribution is -2.28. The number of alkyl halides is 1. The van der Waals surface area contributed by atoms with Gasteiger partial charge >= 0.3 is 0 Å². The van der Waals surface area contributed by atoms with E-state index in [4.69, 9.17) is 11.6 Å². The molecule has 0 aromatic carbocycles. The molecule has 0 amide bonds. The number of hydrogen-bond acceptors (Lipinski definition) is 2. The Morgan fingerprint density at radius 1 is 1.86 bits per heavy atom. The van der Waals surface area contributed by atoms with Gasteiger partial charge in [0.25, 0.3) is 0 Å². The Morgan fingerprint density at radius 2 is 2.57 bits per heavy atom. The highest BCUT2D eigenvalue weighted by atomic mass is 35.5. The molecule has 0 spiro atoms. The van der Waals surface area contributed by atoms with Crippen molar-refractivity contribution in [3.63, 3.8) is 0 Å². The topological polar surface area (TPSA) is 15.3 Å². The van der Waals surface area contributed by atoms with E-state index < -0.39 is 0 Å². The van der Waals surface area contributed by atoms with Gasteiger partial charge in [-0.2, -0.15) is 0 Å². The second-order valence-corrected chi connectivity index (χ2v) is 1.95. The first-order valence-electron chi connectivity index (χ1n) is 2.10. The number of rotatable bonds is 0. The number of halogens is 1. The van der Waals surface area contributed by atoms with Crippen LogP contribution < -0.4 is 5.43 Å². The summed E-state index contributed by atoms with van der Waals surface area (Å²) in [6.07, 6.45) is 3.76. The van der Waals surface area contributed by atoms with Crippen molar-refractivity contribution in [2.75, 3.05) is 7.05 Å². The molecule has 0 aromatic rings. The molecule has 0 saturated heterocycles. The number of nitrogens with zero attached hydrogens (tertiary/aromatic N) is 1. The van der Waals surface area contributed by atoms with Crippen molar-refractivity contribution in [2.24, 2.45) is 0 Å². The van der Waals surface area contributed by atoms with Crippen LogP contribution in [0.25, 0.3) is 0 Å². The Kier molecular flexibility index (Phi) is 1.21. The van der Waals surface area contributed by atoms with Crippen molar-refractivity contribution in [2.45, 2.75) is 5.50 Å². The molecule has 40 valence electrons. The second kappa shape index (κ2) is 1.72. The molecule has 0 fully saturated rings. The predicted octanol–water partition coefficient (Wildman–Crippen LogP) is 0.515. The highest BCUT2D eigenvalue weighted by Gasteiger charge is 2.05. The van der Waals surface area contributed by atoms with Crippen LogP contribution in [-0.2, 0) is 0 Å². The van der Waals surface area contributed by atoms with Gasteiger partial charge in [0.1, 0.15) is 5.50 Å². The van der Waals surface area contributed by atoms with Crippen LogP contribution in [-0.4, -0.2) is 17.6 Å². The molecule has 0 aromatic heterocycles. The minimum atomic E-state index is -0.00926. The fraction of sp³-hybridized carbons (Fsp3) is 0.500. The highest BCUT2D eigenvalue weighted by Crippen LogP contribution is 2.00. The molecule has 1 heterocycles. The third-order valence-corrected chi connectivity index (χ3v) is 1.05. The summed E-state index contributed by atoms with van der Waals surface area (Å²) in [5.74, 6) is 0. The van der Waals surface area contributed by atoms with Crippen LogP contribution in [0.3, 0.4) is 0 Å². The smallest absolute Gasteiger partial charge is 0.120 e. The van der Waals surface area contributed by atoms with Crippen molar-refractivity contribution >= 4 is 11.6 Å². The lowest BCUT2D eigenvalue weighted by Gasteiger charge is -2.08. The summed E-state index contributed by atoms with van der Waals surface area (Å²) in [6.45, 7) is 0. The van der Waals surface area contributed by atoms with Crippen molar-refractivity contribution < 1.29 is 0 Å². The molecule has 0 saturated carbocycles. The van der Waals surface area contributed by atoms with Crippen LogP contribution in [0, 0.1) is 0 Å². The van der Waals surface area contributed by atoms with E-state index in [-0.39, 0.29) is 5.50 Å². The van der Waals surface area contributed by atoms with Gasteiger partial charge < -0.3 is 5.01 Å². The van der Waals surface area contributed by atoms with Crippen molar-refractivity contribution in [1.82, 2.24) is 10.4 Å². The SMILES string of the molecule is CN1C=CC(Cl)N1. The molecule has 7 heavy (non-hydrogen) atoms. The maximum atomic E-state index is 5.57. The molecule has 0 bridgehead atoms. The Balaban J connectivity index is 2.42. The zero-order valence-corrected chi connectivity index (χ0v) is 4.81. The molecular weight excluding hydrogens is 112 g/mol. The first kappa shape index (κ1) is 4.94. The van der Waals surface area contributed by atoms with Gasteiger partial charge in [-0.05, 0) is 6.08 Å². The maximum Gasteiger partial charge on any atom is 0.120 e. The molecule has 3 heteroatoms. The lowest BCUT2D eigenvalue weighted by molar-refractivity contribution is 0.361. The molecule has 1 aliphatic heterocycles. The number of nitrogens with one attached hydrogen (secondary N) is 1. The zero-order valence-electron chi connectivity index (χ0n) is 4.06. The average molecular weight is 119 g/mol. The van der Waals surface area contributed by atoms with E-state index in [1.807, 2.05) is 24.3 Å². The van der Waals surface area contributed by atoms with Gasteiger partial charge in [0, 0.05) is 13.2 Å². The van der Waals surface area contributed by atoms with Gasteiger partial charge in [-0.15, -0.1) is 0 Å². The van der Waals surface area contributed by atoms with E-state index in [1.54, 1.807) is 0 Å². The lowest BCUT2D eigenvalue weighted by atomic mass is 10.6. The van der Waals surface area contributed by atoms with E-state index in [2.05, 4.69) is 5.43 Å². The first-order valence-corrected chi connectivity index (χ1v) is 2.54. The van der Waals surface area contributed by atoms with Crippen molar-refractivity contribution in [1.29, 1.82) is 0 Å². The second-order valence-electron chi connectivity index (χ2n) is 1.48. The van der Waals surface area contributed by atoms with Crippen LogP contribution in [0.2, 0.25) is 0 Å². The highest BCUT2D eigenvalue weighted by molar-refractivity contribution is 6.21. The minimum absolute atomic E-state index is 0.00926. The fourth-order valence-corrected chi connectivity index (χ4v) is 0.704. The summed E-state index contributed by atoms with van der Waals surface area (Å²) in [6, 6.07) is 0. The first-order chi connectivity index (χ1) is 3.29. The largest absolute Gasteiger partial charge is 0.317 e. The Hall–Kier alpha value is -0.210. The van der Waals surface area contributed by atoms with Gasteiger partial charge in [-0.25, -0.2) is 5.43 Å². The fourth-order valence-electron chi connectivity index (χ4n) is 0.485. The summed E-state index contributed by atoms with van der Waals surface area (Å²) in [4.78, 5) is 0. The molecule has 1 atom stereocenters.